The van der Waals surface area contributed by atoms with Gasteiger partial charge in [0.1, 0.15) is 11.5 Å². The molecule has 0 saturated heterocycles. The molecule has 0 spiro atoms. The van der Waals surface area contributed by atoms with Crippen LogP contribution in [0.2, 0.25) is 10.0 Å². The lowest BCUT2D eigenvalue weighted by Crippen LogP contribution is -1.94. The van der Waals surface area contributed by atoms with Crippen LogP contribution in [0.15, 0.2) is 12.1 Å². The predicted molar refractivity (Wildman–Crippen MR) is 84.2 cm³/mol. The molecule has 0 aliphatic rings. The third-order valence-corrected chi connectivity index (χ3v) is 4.73. The summed E-state index contributed by atoms with van der Waals surface area (Å²) in [6.07, 6.45) is 0. The van der Waals surface area contributed by atoms with Crippen molar-refractivity contribution >= 4 is 23.2 Å². The highest BCUT2D eigenvalue weighted by molar-refractivity contribution is 6.33. The third-order valence-electron chi connectivity index (χ3n) is 3.57. The Morgan fingerprint density at radius 3 is 1.30 bits per heavy atom. The molecule has 2 aromatic rings. The van der Waals surface area contributed by atoms with E-state index in [2.05, 4.69) is 0 Å². The van der Waals surface area contributed by atoms with Gasteiger partial charge in [-0.2, -0.15) is 0 Å². The van der Waals surface area contributed by atoms with E-state index in [9.17, 15) is 10.2 Å². The predicted octanol–water partition coefficient (Wildman–Crippen LogP) is 5.31. The number of hydrogen-bond acceptors (Lipinski definition) is 2. The normalized spacial score (nSPS) is 10.9. The van der Waals surface area contributed by atoms with Crippen molar-refractivity contribution in [2.24, 2.45) is 0 Å². The van der Waals surface area contributed by atoms with Gasteiger partial charge in [-0.25, -0.2) is 0 Å². The SMILES string of the molecule is Cc1cc(O)c(-c2c(O)cc(C)c(Cl)c2C)c(C)c1Cl. The van der Waals surface area contributed by atoms with Crippen LogP contribution in [0, 0.1) is 27.7 Å². The molecule has 2 aromatic carbocycles. The summed E-state index contributed by atoms with van der Waals surface area (Å²) in [4.78, 5) is 0. The summed E-state index contributed by atoms with van der Waals surface area (Å²) in [5.41, 5.74) is 4.08. The molecule has 2 rings (SSSR count). The first-order chi connectivity index (χ1) is 9.25. The smallest absolute Gasteiger partial charge is 0.124 e. The van der Waals surface area contributed by atoms with E-state index in [1.165, 1.54) is 0 Å². The van der Waals surface area contributed by atoms with Crippen molar-refractivity contribution in [1.82, 2.24) is 0 Å². The summed E-state index contributed by atoms with van der Waals surface area (Å²) in [6, 6.07) is 3.19. The number of phenolic OH excluding ortho intramolecular Hbond substituents is 2. The summed E-state index contributed by atoms with van der Waals surface area (Å²) < 4.78 is 0. The van der Waals surface area contributed by atoms with Gasteiger partial charge in [0, 0.05) is 21.2 Å². The number of rotatable bonds is 1. The molecule has 0 aliphatic carbocycles. The number of aryl methyl sites for hydroxylation is 2. The summed E-state index contributed by atoms with van der Waals surface area (Å²) in [5.74, 6) is 0.172. The Morgan fingerprint density at radius 1 is 0.700 bits per heavy atom. The Bertz CT molecular complexity index is 645. The lowest BCUT2D eigenvalue weighted by atomic mass is 9.92. The average Bonchev–Trinajstić information content (AvgIpc) is 2.37. The van der Waals surface area contributed by atoms with Gasteiger partial charge in [0.05, 0.1) is 0 Å². The van der Waals surface area contributed by atoms with Gasteiger partial charge >= 0.3 is 0 Å². The van der Waals surface area contributed by atoms with Crippen LogP contribution in [0.5, 0.6) is 11.5 Å². The molecule has 4 heteroatoms. The molecule has 0 saturated carbocycles. The van der Waals surface area contributed by atoms with Gasteiger partial charge in [-0.05, 0) is 62.1 Å². The van der Waals surface area contributed by atoms with E-state index < -0.39 is 0 Å². The molecule has 2 nitrogen and oxygen atoms in total. The molecule has 2 N–H and O–H groups in total. The van der Waals surface area contributed by atoms with Gasteiger partial charge in [0.15, 0.2) is 0 Å². The van der Waals surface area contributed by atoms with Gasteiger partial charge in [-0.3, -0.25) is 0 Å². The fourth-order valence-corrected chi connectivity index (χ4v) is 2.81. The van der Waals surface area contributed by atoms with E-state index >= 15 is 0 Å². The van der Waals surface area contributed by atoms with Crippen LogP contribution in [0.1, 0.15) is 22.3 Å². The van der Waals surface area contributed by atoms with Crippen LogP contribution < -0.4 is 0 Å². The van der Waals surface area contributed by atoms with Crippen LogP contribution in [0.25, 0.3) is 11.1 Å². The van der Waals surface area contributed by atoms with E-state index in [4.69, 9.17) is 23.2 Å². The van der Waals surface area contributed by atoms with Crippen molar-refractivity contribution in [2.75, 3.05) is 0 Å². The van der Waals surface area contributed by atoms with E-state index in [-0.39, 0.29) is 11.5 Å². The molecular formula is C16H16Cl2O2. The minimum Gasteiger partial charge on any atom is -0.507 e. The van der Waals surface area contributed by atoms with Crippen LogP contribution >= 0.6 is 23.2 Å². The van der Waals surface area contributed by atoms with Crippen molar-refractivity contribution in [3.8, 4) is 22.6 Å². The number of benzene rings is 2. The fraction of sp³-hybridized carbons (Fsp3) is 0.250. The highest BCUT2D eigenvalue weighted by Crippen LogP contribution is 2.45. The van der Waals surface area contributed by atoms with Crippen molar-refractivity contribution in [1.29, 1.82) is 0 Å². The Kier molecular flexibility index (Phi) is 3.90. The molecule has 106 valence electrons. The minimum atomic E-state index is 0.0859. The van der Waals surface area contributed by atoms with Gasteiger partial charge in [0.2, 0.25) is 0 Å². The van der Waals surface area contributed by atoms with E-state index in [1.54, 1.807) is 12.1 Å². The van der Waals surface area contributed by atoms with Crippen molar-refractivity contribution < 1.29 is 10.2 Å². The van der Waals surface area contributed by atoms with E-state index in [0.717, 1.165) is 22.3 Å². The molecule has 20 heavy (non-hydrogen) atoms. The molecule has 0 bridgehead atoms. The van der Waals surface area contributed by atoms with Gasteiger partial charge in [-0.1, -0.05) is 23.2 Å². The molecule has 0 heterocycles. The van der Waals surface area contributed by atoms with Crippen molar-refractivity contribution in [2.45, 2.75) is 27.7 Å². The van der Waals surface area contributed by atoms with Crippen molar-refractivity contribution in [3.63, 3.8) is 0 Å². The minimum absolute atomic E-state index is 0.0859. The molecule has 0 unspecified atom stereocenters. The number of halogens is 2. The summed E-state index contributed by atoms with van der Waals surface area (Å²) in [5, 5.41) is 21.6. The van der Waals surface area contributed by atoms with Gasteiger partial charge in [-0.15, -0.1) is 0 Å². The van der Waals surface area contributed by atoms with Crippen LogP contribution in [-0.2, 0) is 0 Å². The zero-order valence-corrected chi connectivity index (χ0v) is 13.3. The maximum Gasteiger partial charge on any atom is 0.124 e. The second-order valence-electron chi connectivity index (χ2n) is 5.05. The number of hydrogen-bond donors (Lipinski definition) is 2. The Hall–Kier alpha value is -1.38. The lowest BCUT2D eigenvalue weighted by Gasteiger charge is -2.17. The summed E-state index contributed by atoms with van der Waals surface area (Å²) in [7, 11) is 0. The lowest BCUT2D eigenvalue weighted by molar-refractivity contribution is 0.468. The zero-order valence-electron chi connectivity index (χ0n) is 11.8. The maximum atomic E-state index is 10.2. The van der Waals surface area contributed by atoms with Gasteiger partial charge in [0.25, 0.3) is 0 Å². The number of phenols is 2. The molecule has 0 aliphatic heterocycles. The van der Waals surface area contributed by atoms with E-state index in [1.807, 2.05) is 27.7 Å². The second-order valence-corrected chi connectivity index (χ2v) is 5.81. The highest BCUT2D eigenvalue weighted by Gasteiger charge is 2.20. The highest BCUT2D eigenvalue weighted by atomic mass is 35.5. The first-order valence-electron chi connectivity index (χ1n) is 6.23. The second kappa shape index (κ2) is 5.19. The monoisotopic (exact) mass is 310 g/mol. The molecule has 0 atom stereocenters. The quantitative estimate of drug-likeness (QED) is 0.749. The number of aromatic hydroxyl groups is 2. The zero-order chi connectivity index (χ0) is 15.2. The van der Waals surface area contributed by atoms with Crippen LogP contribution in [-0.4, -0.2) is 10.2 Å². The van der Waals surface area contributed by atoms with E-state index in [0.29, 0.717) is 21.2 Å². The molecule has 0 amide bonds. The molecule has 0 radical (unpaired) electrons. The standard InChI is InChI=1S/C16H16Cl2O2/c1-7-5-11(19)13(9(3)15(7)17)14-10(4)16(18)8(2)6-12(14)20/h5-6,19-20H,1-4H3. The Morgan fingerprint density at radius 2 is 1.00 bits per heavy atom. The summed E-state index contributed by atoms with van der Waals surface area (Å²) in [6.45, 7) is 7.29. The van der Waals surface area contributed by atoms with Gasteiger partial charge < -0.3 is 10.2 Å². The Labute approximate surface area is 128 Å². The fourth-order valence-electron chi connectivity index (χ4n) is 2.51. The topological polar surface area (TPSA) is 40.5 Å². The largest absolute Gasteiger partial charge is 0.507 e. The first-order valence-corrected chi connectivity index (χ1v) is 6.99. The van der Waals surface area contributed by atoms with Crippen molar-refractivity contribution in [3.05, 3.63) is 44.4 Å². The third kappa shape index (κ3) is 2.23. The Balaban J connectivity index is 2.90. The summed E-state index contributed by atoms with van der Waals surface area (Å²) >= 11 is 12.5. The van der Waals surface area contributed by atoms with Crippen LogP contribution in [0.4, 0.5) is 0 Å². The average molecular weight is 311 g/mol. The maximum absolute atomic E-state index is 10.2. The first kappa shape index (κ1) is 15.0. The molecule has 0 fully saturated rings. The van der Waals surface area contributed by atoms with Crippen LogP contribution in [0.3, 0.4) is 0 Å². The molecular weight excluding hydrogens is 295 g/mol. The molecule has 0 aromatic heterocycles.